The van der Waals surface area contributed by atoms with E-state index in [4.69, 9.17) is 0 Å². The highest BCUT2D eigenvalue weighted by atomic mass is 32.2. The Labute approximate surface area is 214 Å². The third-order valence-electron chi connectivity index (χ3n) is 7.11. The van der Waals surface area contributed by atoms with Gasteiger partial charge in [-0.25, -0.2) is 17.8 Å². The average molecular weight is 548 g/mol. The number of carbonyl (C=O) groups excluding carboxylic acids is 1. The predicted molar refractivity (Wildman–Crippen MR) is 131 cm³/mol. The van der Waals surface area contributed by atoms with E-state index >= 15 is 4.39 Å². The smallest absolute Gasteiger partial charge is 0.388 e. The number of hydrogen-bond acceptors (Lipinski definition) is 5. The third kappa shape index (κ3) is 6.70. The van der Waals surface area contributed by atoms with Gasteiger partial charge in [0, 0.05) is 19.2 Å². The molecule has 1 saturated carbocycles. The second-order valence-corrected chi connectivity index (χ2v) is 12.3. The number of alkyl halides is 3. The second-order valence-electron chi connectivity index (χ2n) is 10.0. The first kappa shape index (κ1) is 29.1. The lowest BCUT2D eigenvalue weighted by molar-refractivity contribution is -0.169. The number of benzene rings is 1. The predicted octanol–water partition coefficient (Wildman–Crippen LogP) is 4.07. The van der Waals surface area contributed by atoms with Crippen LogP contribution in [0.3, 0.4) is 0 Å². The molecule has 1 aromatic carbocycles. The minimum atomic E-state index is -4.38. The molecule has 0 bridgehead atoms. The number of aliphatic hydroxyl groups is 1. The van der Waals surface area contributed by atoms with Crippen molar-refractivity contribution < 1.29 is 35.9 Å². The van der Waals surface area contributed by atoms with Crippen LogP contribution in [0.1, 0.15) is 67.1 Å². The zero-order valence-electron chi connectivity index (χ0n) is 21.3. The number of halogens is 4. The molecule has 0 radical (unpaired) electrons. The van der Waals surface area contributed by atoms with E-state index in [1.54, 1.807) is 13.8 Å². The summed E-state index contributed by atoms with van der Waals surface area (Å²) in [4.78, 5) is 17.3. The van der Waals surface area contributed by atoms with Crippen LogP contribution in [0.4, 0.5) is 17.6 Å². The van der Waals surface area contributed by atoms with Crippen molar-refractivity contribution in [1.29, 1.82) is 0 Å². The fourth-order valence-electron chi connectivity index (χ4n) is 4.72. The lowest BCUT2D eigenvalue weighted by Crippen LogP contribution is -2.47. The number of sulfone groups is 1. The largest absolute Gasteiger partial charge is 0.391 e. The molecule has 1 heterocycles. The standard InChI is InChI=1S/C25H33F4N3O4S/c1-5-21-31-22(23(33)30-14-24(34)10-8-18(9-11-24)37(4,35)36)16(3)32(21)20-7-6-17(13-19(20)26)12-15(2)25(27,28)29/h6-7,13,15,18,34H,5,8-12,14H2,1-4H3,(H,30,33). The lowest BCUT2D eigenvalue weighted by Gasteiger charge is -2.35. The van der Waals surface area contributed by atoms with Crippen LogP contribution in [-0.2, 0) is 22.7 Å². The molecule has 1 aliphatic carbocycles. The molecule has 3 rings (SSSR count). The van der Waals surface area contributed by atoms with E-state index in [0.717, 1.165) is 13.0 Å². The molecule has 206 valence electrons. The van der Waals surface area contributed by atoms with E-state index in [-0.39, 0.29) is 42.8 Å². The van der Waals surface area contributed by atoms with Crippen molar-refractivity contribution in [3.8, 4) is 5.69 Å². The SMILES string of the molecule is CCc1nc(C(=O)NCC2(O)CCC(S(C)(=O)=O)CC2)c(C)n1-c1ccc(CC(C)C(F)(F)F)cc1F. The highest BCUT2D eigenvalue weighted by Gasteiger charge is 2.38. The van der Waals surface area contributed by atoms with Crippen molar-refractivity contribution in [2.75, 3.05) is 12.8 Å². The van der Waals surface area contributed by atoms with E-state index in [9.17, 15) is 31.5 Å². The normalized spacial score (nSPS) is 21.6. The molecule has 7 nitrogen and oxygen atoms in total. The number of rotatable bonds is 8. The molecular formula is C25H33F4N3O4S. The Hall–Kier alpha value is -2.47. The van der Waals surface area contributed by atoms with Gasteiger partial charge in [-0.15, -0.1) is 0 Å². The Kier molecular flexibility index (Phi) is 8.43. The van der Waals surface area contributed by atoms with Crippen LogP contribution in [-0.4, -0.2) is 58.8 Å². The van der Waals surface area contributed by atoms with Crippen molar-refractivity contribution >= 4 is 15.7 Å². The van der Waals surface area contributed by atoms with Crippen LogP contribution in [0.15, 0.2) is 18.2 Å². The van der Waals surface area contributed by atoms with Crippen LogP contribution < -0.4 is 5.32 Å². The highest BCUT2D eigenvalue weighted by Crippen LogP contribution is 2.32. The van der Waals surface area contributed by atoms with Gasteiger partial charge >= 0.3 is 6.18 Å². The number of aryl methyl sites for hydroxylation is 1. The summed E-state index contributed by atoms with van der Waals surface area (Å²) < 4.78 is 78.7. The van der Waals surface area contributed by atoms with Gasteiger partial charge in [-0.05, 0) is 56.7 Å². The van der Waals surface area contributed by atoms with E-state index in [0.29, 0.717) is 30.8 Å². The number of nitrogens with zero attached hydrogens (tertiary/aromatic N) is 2. The second kappa shape index (κ2) is 10.7. The first-order chi connectivity index (χ1) is 17.1. The molecule has 1 atom stereocenters. The van der Waals surface area contributed by atoms with Crippen molar-refractivity contribution in [2.45, 2.75) is 76.3 Å². The maximum Gasteiger partial charge on any atom is 0.391 e. The quantitative estimate of drug-likeness (QED) is 0.486. The molecular weight excluding hydrogens is 514 g/mol. The van der Waals surface area contributed by atoms with Crippen LogP contribution in [0.2, 0.25) is 0 Å². The molecule has 0 aliphatic heterocycles. The molecule has 1 aromatic heterocycles. The van der Waals surface area contributed by atoms with Gasteiger partial charge in [-0.1, -0.05) is 19.9 Å². The van der Waals surface area contributed by atoms with Crippen molar-refractivity contribution in [3.05, 3.63) is 46.8 Å². The molecule has 2 aromatic rings. The minimum Gasteiger partial charge on any atom is -0.388 e. The van der Waals surface area contributed by atoms with Gasteiger partial charge in [0.1, 0.15) is 27.2 Å². The van der Waals surface area contributed by atoms with E-state index in [1.165, 1.54) is 23.0 Å². The molecule has 1 unspecified atom stereocenters. The summed E-state index contributed by atoms with van der Waals surface area (Å²) in [6.07, 6.45) is -2.15. The van der Waals surface area contributed by atoms with Gasteiger partial charge in [0.05, 0.1) is 28.2 Å². The monoisotopic (exact) mass is 547 g/mol. The minimum absolute atomic E-state index is 0.0412. The molecule has 0 spiro atoms. The summed E-state index contributed by atoms with van der Waals surface area (Å²) >= 11 is 0. The van der Waals surface area contributed by atoms with Crippen molar-refractivity contribution in [2.24, 2.45) is 5.92 Å². The fourth-order valence-corrected chi connectivity index (χ4v) is 5.81. The fraction of sp³-hybridized carbons (Fsp3) is 0.600. The summed E-state index contributed by atoms with van der Waals surface area (Å²) in [6, 6.07) is 3.88. The summed E-state index contributed by atoms with van der Waals surface area (Å²) in [6.45, 7) is 4.32. The van der Waals surface area contributed by atoms with Gasteiger partial charge in [-0.2, -0.15) is 13.2 Å². The van der Waals surface area contributed by atoms with Crippen LogP contribution in [0, 0.1) is 18.7 Å². The first-order valence-corrected chi connectivity index (χ1v) is 14.1. The van der Waals surface area contributed by atoms with E-state index < -0.39 is 44.5 Å². The van der Waals surface area contributed by atoms with Gasteiger partial charge < -0.3 is 10.4 Å². The van der Waals surface area contributed by atoms with E-state index in [1.807, 2.05) is 0 Å². The van der Waals surface area contributed by atoms with Gasteiger partial charge in [0.15, 0.2) is 0 Å². The third-order valence-corrected chi connectivity index (χ3v) is 8.79. The van der Waals surface area contributed by atoms with Crippen molar-refractivity contribution in [1.82, 2.24) is 14.9 Å². The van der Waals surface area contributed by atoms with Gasteiger partial charge in [0.25, 0.3) is 5.91 Å². The van der Waals surface area contributed by atoms with Gasteiger partial charge in [0.2, 0.25) is 0 Å². The van der Waals surface area contributed by atoms with Crippen molar-refractivity contribution in [3.63, 3.8) is 0 Å². The Balaban J connectivity index is 1.77. The average Bonchev–Trinajstić information content (AvgIpc) is 3.13. The topological polar surface area (TPSA) is 101 Å². The Morgan fingerprint density at radius 2 is 1.92 bits per heavy atom. The van der Waals surface area contributed by atoms with Crippen LogP contribution >= 0.6 is 0 Å². The molecule has 1 fully saturated rings. The highest BCUT2D eigenvalue weighted by molar-refractivity contribution is 7.91. The molecule has 2 N–H and O–H groups in total. The number of hydrogen-bond donors (Lipinski definition) is 2. The van der Waals surface area contributed by atoms with Crippen LogP contribution in [0.25, 0.3) is 5.69 Å². The molecule has 37 heavy (non-hydrogen) atoms. The Morgan fingerprint density at radius 3 is 2.43 bits per heavy atom. The molecule has 12 heteroatoms. The Morgan fingerprint density at radius 1 is 1.30 bits per heavy atom. The summed E-state index contributed by atoms with van der Waals surface area (Å²) in [5.74, 6) is -2.53. The zero-order valence-corrected chi connectivity index (χ0v) is 22.1. The number of carbonyl (C=O) groups is 1. The number of imidazole rings is 1. The Bertz CT molecular complexity index is 1250. The number of amides is 1. The van der Waals surface area contributed by atoms with Gasteiger partial charge in [-0.3, -0.25) is 9.36 Å². The molecule has 0 saturated heterocycles. The summed E-state index contributed by atoms with van der Waals surface area (Å²) in [7, 11) is -3.20. The van der Waals surface area contributed by atoms with Crippen LogP contribution in [0.5, 0.6) is 0 Å². The summed E-state index contributed by atoms with van der Waals surface area (Å²) in [5.41, 5.74) is -0.575. The molecule has 1 amide bonds. The van der Waals surface area contributed by atoms with E-state index in [2.05, 4.69) is 10.3 Å². The summed E-state index contributed by atoms with van der Waals surface area (Å²) in [5, 5.41) is 13.0. The number of nitrogens with one attached hydrogen (secondary N) is 1. The first-order valence-electron chi connectivity index (χ1n) is 12.2. The lowest BCUT2D eigenvalue weighted by atomic mass is 9.84. The maximum atomic E-state index is 15.0. The molecule has 1 aliphatic rings. The zero-order chi connectivity index (χ0) is 27.8. The maximum absolute atomic E-state index is 15.0. The number of aromatic nitrogens is 2.